The molecule has 0 aromatic heterocycles. The molecule has 0 heterocycles. The first-order valence-electron chi connectivity index (χ1n) is 26.9. The second-order valence-electron chi connectivity index (χ2n) is 17.4. The minimum atomic E-state index is -0.830. The van der Waals surface area contributed by atoms with Crippen molar-refractivity contribution in [3.63, 3.8) is 0 Å². The van der Waals surface area contributed by atoms with Crippen molar-refractivity contribution in [1.29, 1.82) is 0 Å². The Hall–Kier alpha value is -3.93. The Morgan fingerprint density at radius 2 is 0.667 bits per heavy atom. The van der Waals surface area contributed by atoms with E-state index in [1.807, 2.05) is 12.2 Å². The van der Waals surface area contributed by atoms with Gasteiger partial charge < -0.3 is 14.2 Å². The molecule has 0 aliphatic carbocycles. The number of carbonyl (C=O) groups excluding carboxylic acids is 3. The van der Waals surface area contributed by atoms with E-state index in [2.05, 4.69) is 118 Å². The number of ether oxygens (including phenoxy) is 3. The van der Waals surface area contributed by atoms with Gasteiger partial charge in [0.15, 0.2) is 6.10 Å². The first-order valence-corrected chi connectivity index (χ1v) is 26.9. The summed E-state index contributed by atoms with van der Waals surface area (Å²) in [5.74, 6) is -1.05. The third-order valence-corrected chi connectivity index (χ3v) is 11.0. The largest absolute Gasteiger partial charge is 0.462 e. The molecule has 0 aromatic carbocycles. The number of hydrogen-bond acceptors (Lipinski definition) is 6. The fourth-order valence-corrected chi connectivity index (χ4v) is 6.98. The highest BCUT2D eigenvalue weighted by Gasteiger charge is 2.19. The number of rotatable bonds is 47. The molecular weight excluding hydrogens is 817 g/mol. The third-order valence-electron chi connectivity index (χ3n) is 11.0. The van der Waals surface area contributed by atoms with Gasteiger partial charge >= 0.3 is 17.9 Å². The van der Waals surface area contributed by atoms with Gasteiger partial charge in [-0.3, -0.25) is 14.4 Å². The summed E-state index contributed by atoms with van der Waals surface area (Å²) < 4.78 is 16.7. The Morgan fingerprint density at radius 3 is 1.11 bits per heavy atom. The molecule has 0 N–H and O–H groups in total. The average Bonchev–Trinajstić information content (AvgIpc) is 3.31. The Morgan fingerprint density at radius 1 is 0.333 bits per heavy atom. The molecule has 0 aliphatic rings. The molecule has 1 unspecified atom stereocenters. The van der Waals surface area contributed by atoms with Gasteiger partial charge in [-0.2, -0.15) is 0 Å². The number of carbonyl (C=O) groups is 3. The first kappa shape index (κ1) is 62.1. The summed E-state index contributed by atoms with van der Waals surface area (Å²) in [6.45, 7) is 6.40. The molecule has 0 saturated carbocycles. The van der Waals surface area contributed by atoms with Gasteiger partial charge in [-0.05, 0) is 109 Å². The summed E-state index contributed by atoms with van der Waals surface area (Å²) in [5, 5.41) is 0. The van der Waals surface area contributed by atoms with Gasteiger partial charge in [0.2, 0.25) is 0 Å². The van der Waals surface area contributed by atoms with Crippen LogP contribution in [0.5, 0.6) is 0 Å². The number of allylic oxidation sites excluding steroid dienone is 18. The molecule has 0 bridgehead atoms. The van der Waals surface area contributed by atoms with E-state index < -0.39 is 6.10 Å². The maximum Gasteiger partial charge on any atom is 0.306 e. The van der Waals surface area contributed by atoms with Gasteiger partial charge in [0.05, 0.1) is 0 Å². The molecule has 0 aliphatic heterocycles. The highest BCUT2D eigenvalue weighted by molar-refractivity contribution is 5.71. The second-order valence-corrected chi connectivity index (χ2v) is 17.4. The monoisotopic (exact) mass is 915 g/mol. The van der Waals surface area contributed by atoms with Crippen molar-refractivity contribution in [2.24, 2.45) is 0 Å². The predicted octanol–water partition coefficient (Wildman–Crippen LogP) is 17.9. The van der Waals surface area contributed by atoms with E-state index in [9.17, 15) is 14.4 Å². The van der Waals surface area contributed by atoms with Crippen LogP contribution in [0.3, 0.4) is 0 Å². The fourth-order valence-electron chi connectivity index (χ4n) is 6.98. The highest BCUT2D eigenvalue weighted by Crippen LogP contribution is 2.12. The topological polar surface area (TPSA) is 78.9 Å². The van der Waals surface area contributed by atoms with Gasteiger partial charge in [-0.1, -0.05) is 214 Å². The summed E-state index contributed by atoms with van der Waals surface area (Å²) in [6.07, 6.45) is 72.3. The van der Waals surface area contributed by atoms with Crippen LogP contribution in [0.1, 0.15) is 233 Å². The van der Waals surface area contributed by atoms with Crippen molar-refractivity contribution in [3.05, 3.63) is 109 Å². The molecule has 66 heavy (non-hydrogen) atoms. The van der Waals surface area contributed by atoms with Crippen molar-refractivity contribution in [3.8, 4) is 0 Å². The maximum atomic E-state index is 12.8. The van der Waals surface area contributed by atoms with Crippen molar-refractivity contribution >= 4 is 17.9 Å². The normalized spacial score (nSPS) is 13.0. The molecule has 0 fully saturated rings. The summed E-state index contributed by atoms with van der Waals surface area (Å²) in [4.78, 5) is 38.0. The lowest BCUT2D eigenvalue weighted by Crippen LogP contribution is -2.30. The Kier molecular flexibility index (Phi) is 50.5. The fraction of sp³-hybridized carbons (Fsp3) is 0.650. The molecule has 6 heteroatoms. The molecular formula is C60H98O6. The molecule has 6 nitrogen and oxygen atoms in total. The lowest BCUT2D eigenvalue weighted by atomic mass is 10.1. The summed E-state index contributed by atoms with van der Waals surface area (Å²) in [7, 11) is 0. The van der Waals surface area contributed by atoms with Crippen LogP contribution in [-0.4, -0.2) is 37.2 Å². The predicted molar refractivity (Wildman–Crippen MR) is 283 cm³/mol. The minimum Gasteiger partial charge on any atom is -0.462 e. The molecule has 0 spiro atoms. The van der Waals surface area contributed by atoms with Crippen LogP contribution in [-0.2, 0) is 28.6 Å². The van der Waals surface area contributed by atoms with E-state index in [0.717, 1.165) is 96.3 Å². The Bertz CT molecular complexity index is 1370. The average molecular weight is 915 g/mol. The second kappa shape index (κ2) is 53.7. The molecule has 374 valence electrons. The maximum absolute atomic E-state index is 12.8. The van der Waals surface area contributed by atoms with Crippen LogP contribution in [0.25, 0.3) is 0 Å². The van der Waals surface area contributed by atoms with Crippen LogP contribution < -0.4 is 0 Å². The first-order chi connectivity index (χ1) is 32.5. The van der Waals surface area contributed by atoms with Crippen molar-refractivity contribution in [2.75, 3.05) is 13.2 Å². The molecule has 0 amide bonds. The standard InChI is InChI=1S/C60H98O6/c1-4-7-10-13-16-19-22-25-27-29-30-31-33-35-38-41-44-47-50-53-59(62)65-56-57(55-64-58(61)52-49-46-43-40-37-34-24-21-18-15-12-9-6-3)66-60(63)54-51-48-45-42-39-36-32-28-26-23-20-17-14-11-8-5-2/h7,10,16,19,25,27-28,30-32,34-39,44,47,57H,4-6,8-9,11-15,17-18,20-24,26,29,33,40-43,45-46,48-56H2,1-3H3/b10-7-,19-16-,27-25-,31-30-,32-28-,37-34-,38-35-,39-36-,47-44-. The quantitative estimate of drug-likeness (QED) is 0.0199. The summed E-state index contributed by atoms with van der Waals surface area (Å²) in [5.41, 5.74) is 0. The van der Waals surface area contributed by atoms with Crippen LogP contribution in [0.4, 0.5) is 0 Å². The molecule has 0 saturated heterocycles. The lowest BCUT2D eigenvalue weighted by molar-refractivity contribution is -0.166. The van der Waals surface area contributed by atoms with Gasteiger partial charge in [-0.15, -0.1) is 0 Å². The van der Waals surface area contributed by atoms with Crippen LogP contribution >= 0.6 is 0 Å². The SMILES string of the molecule is CC/C=C\C/C=C\C/C=C\C/C=C\C/C=C\C/C=C\CCC(=O)OCC(COC(=O)CCCCC/C=C\CCCCCCCC)OC(=O)CCCCC/C=C\C=C/CCCCCCCCC. The van der Waals surface area contributed by atoms with E-state index >= 15 is 0 Å². The van der Waals surface area contributed by atoms with Crippen molar-refractivity contribution < 1.29 is 28.6 Å². The zero-order valence-corrected chi connectivity index (χ0v) is 42.7. The summed E-state index contributed by atoms with van der Waals surface area (Å²) >= 11 is 0. The highest BCUT2D eigenvalue weighted by atomic mass is 16.6. The zero-order valence-electron chi connectivity index (χ0n) is 42.7. The molecule has 0 aromatic rings. The number of unbranched alkanes of at least 4 members (excludes halogenated alkanes) is 19. The van der Waals surface area contributed by atoms with E-state index in [4.69, 9.17) is 14.2 Å². The van der Waals surface area contributed by atoms with Gasteiger partial charge in [-0.25, -0.2) is 0 Å². The minimum absolute atomic E-state index is 0.122. The molecule has 0 radical (unpaired) electrons. The Balaban J connectivity index is 4.57. The smallest absolute Gasteiger partial charge is 0.306 e. The van der Waals surface area contributed by atoms with Crippen molar-refractivity contribution in [1.82, 2.24) is 0 Å². The Labute approximate surface area is 406 Å². The number of esters is 3. The molecule has 1 atom stereocenters. The van der Waals surface area contributed by atoms with Crippen LogP contribution in [0.2, 0.25) is 0 Å². The summed E-state index contributed by atoms with van der Waals surface area (Å²) in [6, 6.07) is 0. The number of hydrogen-bond donors (Lipinski definition) is 0. The van der Waals surface area contributed by atoms with E-state index in [0.29, 0.717) is 19.3 Å². The van der Waals surface area contributed by atoms with E-state index in [-0.39, 0.29) is 44.0 Å². The van der Waals surface area contributed by atoms with E-state index in [1.165, 1.54) is 83.5 Å². The lowest BCUT2D eigenvalue weighted by Gasteiger charge is -2.18. The third kappa shape index (κ3) is 51.1. The van der Waals surface area contributed by atoms with Gasteiger partial charge in [0.25, 0.3) is 0 Å². The van der Waals surface area contributed by atoms with Gasteiger partial charge in [0.1, 0.15) is 13.2 Å². The van der Waals surface area contributed by atoms with Gasteiger partial charge in [0, 0.05) is 19.3 Å². The zero-order chi connectivity index (χ0) is 47.9. The van der Waals surface area contributed by atoms with Crippen molar-refractivity contribution in [2.45, 2.75) is 239 Å². The van der Waals surface area contributed by atoms with Crippen LogP contribution in [0.15, 0.2) is 109 Å². The van der Waals surface area contributed by atoms with E-state index in [1.54, 1.807) is 0 Å². The van der Waals surface area contributed by atoms with Crippen LogP contribution in [0, 0.1) is 0 Å². The molecule has 0 rings (SSSR count).